The summed E-state index contributed by atoms with van der Waals surface area (Å²) in [5, 5.41) is 1.51. The monoisotopic (exact) mass is 343 g/mol. The Kier molecular flexibility index (Phi) is 4.69. The van der Waals surface area contributed by atoms with Gasteiger partial charge in [-0.25, -0.2) is 0 Å². The number of rotatable bonds is 4. The van der Waals surface area contributed by atoms with Gasteiger partial charge >= 0.3 is 0 Å². The van der Waals surface area contributed by atoms with E-state index in [9.17, 15) is 4.79 Å². The Bertz CT molecular complexity index is 838. The van der Waals surface area contributed by atoms with Crippen LogP contribution < -0.4 is 0 Å². The molecule has 0 bridgehead atoms. The van der Waals surface area contributed by atoms with E-state index in [1.807, 2.05) is 31.3 Å². The lowest BCUT2D eigenvalue weighted by atomic mass is 10.1. The highest BCUT2D eigenvalue weighted by Crippen LogP contribution is 2.35. The molecule has 2 nitrogen and oxygen atoms in total. The van der Waals surface area contributed by atoms with Crippen LogP contribution in [-0.2, 0) is 13.0 Å². The maximum atomic E-state index is 12.7. The summed E-state index contributed by atoms with van der Waals surface area (Å²) in [6, 6.07) is 16.2. The molecule has 1 aromatic heterocycles. The lowest BCUT2D eigenvalue weighted by Crippen LogP contribution is -2.25. The second-order valence-corrected chi connectivity index (χ2v) is 7.00. The molecule has 0 saturated heterocycles. The summed E-state index contributed by atoms with van der Waals surface area (Å²) in [6.07, 6.45) is 1.02. The summed E-state index contributed by atoms with van der Waals surface area (Å²) < 4.78 is 1.04. The van der Waals surface area contributed by atoms with Crippen LogP contribution >= 0.6 is 22.9 Å². The summed E-state index contributed by atoms with van der Waals surface area (Å²) in [4.78, 5) is 15.0. The SMILES string of the molecule is CCc1ccc(CN(C)C(=O)c2sc3ccccc3c2Cl)cc1. The molecule has 0 atom stereocenters. The summed E-state index contributed by atoms with van der Waals surface area (Å²) in [5.74, 6) is -0.0317. The van der Waals surface area contributed by atoms with Crippen LogP contribution in [0.3, 0.4) is 0 Å². The fourth-order valence-corrected chi connectivity index (χ4v) is 4.06. The van der Waals surface area contributed by atoms with Crippen molar-refractivity contribution in [3.8, 4) is 0 Å². The maximum Gasteiger partial charge on any atom is 0.265 e. The Balaban J connectivity index is 1.81. The number of thiophene rings is 1. The van der Waals surface area contributed by atoms with Crippen molar-refractivity contribution in [2.75, 3.05) is 7.05 Å². The average molecular weight is 344 g/mol. The van der Waals surface area contributed by atoms with Crippen LogP contribution in [0.15, 0.2) is 48.5 Å². The van der Waals surface area contributed by atoms with Crippen molar-refractivity contribution in [3.63, 3.8) is 0 Å². The predicted octanol–water partition coefficient (Wildman–Crippen LogP) is 5.39. The van der Waals surface area contributed by atoms with Crippen molar-refractivity contribution < 1.29 is 4.79 Å². The van der Waals surface area contributed by atoms with Gasteiger partial charge in [-0.2, -0.15) is 0 Å². The van der Waals surface area contributed by atoms with Gasteiger partial charge in [-0.15, -0.1) is 11.3 Å². The number of hydrogen-bond donors (Lipinski definition) is 0. The molecule has 0 spiro atoms. The number of fused-ring (bicyclic) bond motifs is 1. The molecule has 1 amide bonds. The first-order chi connectivity index (χ1) is 11.1. The molecular weight excluding hydrogens is 326 g/mol. The number of halogens is 1. The number of amides is 1. The topological polar surface area (TPSA) is 20.3 Å². The van der Waals surface area contributed by atoms with E-state index in [0.29, 0.717) is 16.4 Å². The summed E-state index contributed by atoms with van der Waals surface area (Å²) in [7, 11) is 1.82. The zero-order valence-corrected chi connectivity index (χ0v) is 14.7. The highest BCUT2D eigenvalue weighted by Gasteiger charge is 2.20. The summed E-state index contributed by atoms with van der Waals surface area (Å²) >= 11 is 7.86. The van der Waals surface area contributed by atoms with Gasteiger partial charge in [0, 0.05) is 23.7 Å². The standard InChI is InChI=1S/C19H18ClNOS/c1-3-13-8-10-14(11-9-13)12-21(2)19(22)18-17(20)15-6-4-5-7-16(15)23-18/h4-11H,3,12H2,1-2H3. The summed E-state index contributed by atoms with van der Waals surface area (Å²) in [5.41, 5.74) is 2.42. The maximum absolute atomic E-state index is 12.7. The van der Waals surface area contributed by atoms with E-state index < -0.39 is 0 Å². The molecule has 2 aromatic carbocycles. The number of nitrogens with zero attached hydrogens (tertiary/aromatic N) is 1. The molecule has 3 rings (SSSR count). The van der Waals surface area contributed by atoms with Crippen LogP contribution in [0.5, 0.6) is 0 Å². The van der Waals surface area contributed by atoms with Crippen molar-refractivity contribution in [1.82, 2.24) is 4.90 Å². The van der Waals surface area contributed by atoms with Gasteiger partial charge < -0.3 is 4.90 Å². The third kappa shape index (κ3) is 3.26. The molecule has 3 aromatic rings. The highest BCUT2D eigenvalue weighted by molar-refractivity contribution is 7.21. The van der Waals surface area contributed by atoms with Crippen LogP contribution in [0.4, 0.5) is 0 Å². The molecule has 0 aliphatic carbocycles. The predicted molar refractivity (Wildman–Crippen MR) is 98.5 cm³/mol. The Hall–Kier alpha value is -1.84. The lowest BCUT2D eigenvalue weighted by molar-refractivity contribution is 0.0790. The van der Waals surface area contributed by atoms with Gasteiger partial charge in [0.2, 0.25) is 0 Å². The van der Waals surface area contributed by atoms with E-state index in [4.69, 9.17) is 11.6 Å². The van der Waals surface area contributed by atoms with Crippen molar-refractivity contribution >= 4 is 38.9 Å². The molecule has 0 fully saturated rings. The van der Waals surface area contributed by atoms with E-state index in [2.05, 4.69) is 31.2 Å². The summed E-state index contributed by atoms with van der Waals surface area (Å²) in [6.45, 7) is 2.71. The number of benzene rings is 2. The van der Waals surface area contributed by atoms with Crippen LogP contribution in [-0.4, -0.2) is 17.9 Å². The molecule has 0 aliphatic heterocycles. The molecule has 0 N–H and O–H groups in total. The van der Waals surface area contributed by atoms with E-state index >= 15 is 0 Å². The Morgan fingerprint density at radius 2 is 1.74 bits per heavy atom. The zero-order chi connectivity index (χ0) is 16.4. The average Bonchev–Trinajstić information content (AvgIpc) is 2.92. The minimum absolute atomic E-state index is 0.0317. The van der Waals surface area contributed by atoms with E-state index in [1.165, 1.54) is 16.9 Å². The number of carbonyl (C=O) groups excluding carboxylic acids is 1. The minimum Gasteiger partial charge on any atom is -0.337 e. The molecule has 4 heteroatoms. The van der Waals surface area contributed by atoms with Crippen molar-refractivity contribution in [3.05, 3.63) is 69.6 Å². The van der Waals surface area contributed by atoms with Gasteiger partial charge in [0.05, 0.1) is 5.02 Å². The second-order valence-electron chi connectivity index (χ2n) is 5.57. The molecule has 0 aliphatic rings. The largest absolute Gasteiger partial charge is 0.337 e. The van der Waals surface area contributed by atoms with Gasteiger partial charge in [-0.1, -0.05) is 61.0 Å². The Morgan fingerprint density at radius 1 is 1.09 bits per heavy atom. The van der Waals surface area contributed by atoms with Gasteiger partial charge in [-0.05, 0) is 23.6 Å². The van der Waals surface area contributed by atoms with Crippen LogP contribution in [0.25, 0.3) is 10.1 Å². The van der Waals surface area contributed by atoms with Gasteiger partial charge in [0.1, 0.15) is 4.88 Å². The molecule has 1 heterocycles. The second kappa shape index (κ2) is 6.73. The van der Waals surface area contributed by atoms with E-state index in [-0.39, 0.29) is 5.91 Å². The van der Waals surface area contributed by atoms with E-state index in [0.717, 1.165) is 22.1 Å². The number of aryl methyl sites for hydroxylation is 1. The van der Waals surface area contributed by atoms with Gasteiger partial charge in [0.15, 0.2) is 0 Å². The van der Waals surface area contributed by atoms with Crippen LogP contribution in [0, 0.1) is 0 Å². The molecule has 0 saturated carbocycles. The van der Waals surface area contributed by atoms with Crippen molar-refractivity contribution in [1.29, 1.82) is 0 Å². The van der Waals surface area contributed by atoms with Gasteiger partial charge in [-0.3, -0.25) is 4.79 Å². The molecule has 118 valence electrons. The molecular formula is C19H18ClNOS. The first-order valence-electron chi connectivity index (χ1n) is 7.60. The quantitative estimate of drug-likeness (QED) is 0.622. The first-order valence-corrected chi connectivity index (χ1v) is 8.80. The van der Waals surface area contributed by atoms with Gasteiger partial charge in [0.25, 0.3) is 5.91 Å². The third-order valence-corrected chi connectivity index (χ3v) is 5.59. The fraction of sp³-hybridized carbons (Fsp3) is 0.211. The fourth-order valence-electron chi connectivity index (χ4n) is 2.55. The normalized spacial score (nSPS) is 10.9. The number of hydrogen-bond acceptors (Lipinski definition) is 2. The Labute approximate surface area is 145 Å². The minimum atomic E-state index is -0.0317. The van der Waals surface area contributed by atoms with Crippen molar-refractivity contribution in [2.45, 2.75) is 19.9 Å². The smallest absolute Gasteiger partial charge is 0.265 e. The van der Waals surface area contributed by atoms with Crippen molar-refractivity contribution in [2.24, 2.45) is 0 Å². The molecule has 0 radical (unpaired) electrons. The van der Waals surface area contributed by atoms with Crippen LogP contribution in [0.1, 0.15) is 27.7 Å². The highest BCUT2D eigenvalue weighted by atomic mass is 35.5. The third-order valence-electron chi connectivity index (χ3n) is 3.93. The molecule has 0 unspecified atom stereocenters. The number of carbonyl (C=O) groups is 1. The first kappa shape index (κ1) is 16.0. The van der Waals surface area contributed by atoms with Crippen LogP contribution in [0.2, 0.25) is 5.02 Å². The Morgan fingerprint density at radius 3 is 2.39 bits per heavy atom. The molecule has 23 heavy (non-hydrogen) atoms. The lowest BCUT2D eigenvalue weighted by Gasteiger charge is -2.17. The zero-order valence-electron chi connectivity index (χ0n) is 13.2. The van der Waals surface area contributed by atoms with E-state index in [1.54, 1.807) is 4.90 Å².